The maximum atomic E-state index is 5.50. The Balaban J connectivity index is 2.17. The highest BCUT2D eigenvalue weighted by Gasteiger charge is 2.16. The molecule has 3 nitrogen and oxygen atoms in total. The van der Waals surface area contributed by atoms with Gasteiger partial charge in [0.25, 0.3) is 0 Å². The van der Waals surface area contributed by atoms with E-state index in [1.54, 1.807) is 0 Å². The standard InChI is InChI=1S/C9H13N3/c10-9-2-1-7(6-12-9)8-3-4-11-5-8/h1-2,6,8,11H,3-5H2,(H2,10,12). The molecular formula is C9H13N3. The Hall–Kier alpha value is -1.09. The second-order valence-corrected chi connectivity index (χ2v) is 3.21. The minimum atomic E-state index is 0.602. The highest BCUT2D eigenvalue weighted by Crippen LogP contribution is 2.21. The fourth-order valence-corrected chi connectivity index (χ4v) is 1.60. The van der Waals surface area contributed by atoms with Crippen molar-refractivity contribution in [2.24, 2.45) is 0 Å². The highest BCUT2D eigenvalue weighted by molar-refractivity contribution is 5.31. The van der Waals surface area contributed by atoms with E-state index in [1.807, 2.05) is 12.3 Å². The fourth-order valence-electron chi connectivity index (χ4n) is 1.60. The number of nitrogens with one attached hydrogen (secondary N) is 1. The van der Waals surface area contributed by atoms with Crippen molar-refractivity contribution < 1.29 is 0 Å². The van der Waals surface area contributed by atoms with Gasteiger partial charge in [0, 0.05) is 12.7 Å². The Labute approximate surface area is 72.0 Å². The van der Waals surface area contributed by atoms with Crippen molar-refractivity contribution in [3.63, 3.8) is 0 Å². The molecule has 0 spiro atoms. The lowest BCUT2D eigenvalue weighted by Gasteiger charge is -2.07. The van der Waals surface area contributed by atoms with Crippen LogP contribution in [0.1, 0.15) is 17.9 Å². The van der Waals surface area contributed by atoms with Gasteiger partial charge in [0.15, 0.2) is 0 Å². The lowest BCUT2D eigenvalue weighted by molar-refractivity contribution is 0.759. The van der Waals surface area contributed by atoms with Crippen LogP contribution in [0.4, 0.5) is 5.82 Å². The van der Waals surface area contributed by atoms with Gasteiger partial charge in [-0.1, -0.05) is 6.07 Å². The molecule has 3 heteroatoms. The smallest absolute Gasteiger partial charge is 0.123 e. The Morgan fingerprint density at radius 1 is 1.50 bits per heavy atom. The van der Waals surface area contributed by atoms with Crippen LogP contribution in [0.15, 0.2) is 18.3 Å². The lowest BCUT2D eigenvalue weighted by atomic mass is 10.0. The van der Waals surface area contributed by atoms with Crippen molar-refractivity contribution in [1.29, 1.82) is 0 Å². The first-order chi connectivity index (χ1) is 5.86. The molecule has 0 amide bonds. The van der Waals surface area contributed by atoms with E-state index in [-0.39, 0.29) is 0 Å². The molecule has 1 aromatic heterocycles. The van der Waals surface area contributed by atoms with Gasteiger partial charge in [0.1, 0.15) is 5.82 Å². The van der Waals surface area contributed by atoms with Gasteiger partial charge in [-0.25, -0.2) is 4.98 Å². The Kier molecular flexibility index (Phi) is 1.96. The van der Waals surface area contributed by atoms with Crippen LogP contribution < -0.4 is 11.1 Å². The topological polar surface area (TPSA) is 50.9 Å². The summed E-state index contributed by atoms with van der Waals surface area (Å²) in [7, 11) is 0. The maximum absolute atomic E-state index is 5.50. The van der Waals surface area contributed by atoms with Crippen LogP contribution in [-0.2, 0) is 0 Å². The first kappa shape index (κ1) is 7.55. The van der Waals surface area contributed by atoms with Crippen molar-refractivity contribution in [3.05, 3.63) is 23.9 Å². The van der Waals surface area contributed by atoms with Crippen LogP contribution in [0.2, 0.25) is 0 Å². The second-order valence-electron chi connectivity index (χ2n) is 3.21. The molecule has 0 bridgehead atoms. The van der Waals surface area contributed by atoms with Crippen molar-refractivity contribution in [2.45, 2.75) is 12.3 Å². The maximum Gasteiger partial charge on any atom is 0.123 e. The quantitative estimate of drug-likeness (QED) is 0.642. The van der Waals surface area contributed by atoms with Gasteiger partial charge in [-0.15, -0.1) is 0 Å². The van der Waals surface area contributed by atoms with Gasteiger partial charge in [-0.05, 0) is 30.5 Å². The summed E-state index contributed by atoms with van der Waals surface area (Å²) in [5.74, 6) is 1.24. The molecule has 3 N–H and O–H groups in total. The van der Waals surface area contributed by atoms with Crippen molar-refractivity contribution in [2.75, 3.05) is 18.8 Å². The number of nitrogens with zero attached hydrogens (tertiary/aromatic N) is 1. The Morgan fingerprint density at radius 3 is 3.00 bits per heavy atom. The van der Waals surface area contributed by atoms with Crippen molar-refractivity contribution in [3.8, 4) is 0 Å². The van der Waals surface area contributed by atoms with Crippen LogP contribution in [-0.4, -0.2) is 18.1 Å². The molecule has 2 rings (SSSR count). The third-order valence-electron chi connectivity index (χ3n) is 2.34. The van der Waals surface area contributed by atoms with Gasteiger partial charge in [0.05, 0.1) is 0 Å². The van der Waals surface area contributed by atoms with Crippen LogP contribution in [0, 0.1) is 0 Å². The van der Waals surface area contributed by atoms with E-state index in [0.29, 0.717) is 11.7 Å². The molecule has 1 aliphatic rings. The van der Waals surface area contributed by atoms with Crippen LogP contribution in [0.5, 0.6) is 0 Å². The molecule has 0 radical (unpaired) electrons. The monoisotopic (exact) mass is 163 g/mol. The zero-order valence-electron chi connectivity index (χ0n) is 6.96. The molecule has 2 heterocycles. The zero-order valence-corrected chi connectivity index (χ0v) is 6.96. The number of nitrogen functional groups attached to an aromatic ring is 1. The van der Waals surface area contributed by atoms with E-state index in [1.165, 1.54) is 12.0 Å². The van der Waals surface area contributed by atoms with E-state index < -0.39 is 0 Å². The number of hydrogen-bond donors (Lipinski definition) is 2. The van der Waals surface area contributed by atoms with Gasteiger partial charge in [0.2, 0.25) is 0 Å². The van der Waals surface area contributed by atoms with E-state index in [4.69, 9.17) is 5.73 Å². The zero-order chi connectivity index (χ0) is 8.39. The molecule has 12 heavy (non-hydrogen) atoms. The Bertz CT molecular complexity index is 249. The normalized spacial score (nSPS) is 22.8. The molecule has 1 atom stereocenters. The third kappa shape index (κ3) is 1.41. The predicted molar refractivity (Wildman–Crippen MR) is 48.9 cm³/mol. The van der Waals surface area contributed by atoms with E-state index >= 15 is 0 Å². The van der Waals surface area contributed by atoms with Gasteiger partial charge < -0.3 is 11.1 Å². The van der Waals surface area contributed by atoms with Crippen LogP contribution in [0.25, 0.3) is 0 Å². The summed E-state index contributed by atoms with van der Waals surface area (Å²) in [4.78, 5) is 4.07. The number of hydrogen-bond acceptors (Lipinski definition) is 3. The SMILES string of the molecule is Nc1ccc(C2CCNC2)cn1. The fraction of sp³-hybridized carbons (Fsp3) is 0.444. The summed E-state index contributed by atoms with van der Waals surface area (Å²) in [6.45, 7) is 2.20. The molecule has 1 saturated heterocycles. The minimum absolute atomic E-state index is 0.602. The van der Waals surface area contributed by atoms with Gasteiger partial charge in [-0.3, -0.25) is 0 Å². The molecule has 64 valence electrons. The molecule has 0 aromatic carbocycles. The third-order valence-corrected chi connectivity index (χ3v) is 2.34. The predicted octanol–water partition coefficient (Wildman–Crippen LogP) is 0.741. The van der Waals surface area contributed by atoms with Crippen molar-refractivity contribution in [1.82, 2.24) is 10.3 Å². The Morgan fingerprint density at radius 2 is 2.42 bits per heavy atom. The molecule has 0 aliphatic carbocycles. The van der Waals surface area contributed by atoms with Crippen LogP contribution in [0.3, 0.4) is 0 Å². The number of pyridine rings is 1. The van der Waals surface area contributed by atoms with E-state index in [2.05, 4.69) is 16.4 Å². The molecule has 1 unspecified atom stereocenters. The van der Waals surface area contributed by atoms with Crippen molar-refractivity contribution >= 4 is 5.82 Å². The summed E-state index contributed by atoms with van der Waals surface area (Å²) < 4.78 is 0. The van der Waals surface area contributed by atoms with Gasteiger partial charge in [-0.2, -0.15) is 0 Å². The largest absolute Gasteiger partial charge is 0.384 e. The molecule has 1 fully saturated rings. The van der Waals surface area contributed by atoms with E-state index in [9.17, 15) is 0 Å². The first-order valence-electron chi connectivity index (χ1n) is 4.28. The summed E-state index contributed by atoms with van der Waals surface area (Å²) in [5.41, 5.74) is 6.80. The molecular weight excluding hydrogens is 150 g/mol. The molecule has 1 aromatic rings. The molecule has 1 aliphatic heterocycles. The number of anilines is 1. The molecule has 0 saturated carbocycles. The first-order valence-corrected chi connectivity index (χ1v) is 4.28. The van der Waals surface area contributed by atoms with Crippen LogP contribution >= 0.6 is 0 Å². The summed E-state index contributed by atoms with van der Waals surface area (Å²) in [6.07, 6.45) is 3.10. The number of nitrogens with two attached hydrogens (primary N) is 1. The second kappa shape index (κ2) is 3.11. The van der Waals surface area contributed by atoms with E-state index in [0.717, 1.165) is 13.1 Å². The van der Waals surface area contributed by atoms with Gasteiger partial charge >= 0.3 is 0 Å². The highest BCUT2D eigenvalue weighted by atomic mass is 14.9. The summed E-state index contributed by atoms with van der Waals surface area (Å²) in [5, 5.41) is 3.33. The average molecular weight is 163 g/mol. The number of aromatic nitrogens is 1. The minimum Gasteiger partial charge on any atom is -0.384 e. The summed E-state index contributed by atoms with van der Waals surface area (Å²) >= 11 is 0. The summed E-state index contributed by atoms with van der Waals surface area (Å²) in [6, 6.07) is 3.94. The average Bonchev–Trinajstić information content (AvgIpc) is 2.58. The lowest BCUT2D eigenvalue weighted by Crippen LogP contribution is -2.08. The number of rotatable bonds is 1.